The molecule has 9 heteroatoms. The van der Waals surface area contributed by atoms with Crippen molar-refractivity contribution in [3.63, 3.8) is 0 Å². The van der Waals surface area contributed by atoms with Gasteiger partial charge in [0.1, 0.15) is 12.6 Å². The van der Waals surface area contributed by atoms with Gasteiger partial charge in [-0.05, 0) is 48.1 Å². The highest BCUT2D eigenvalue weighted by Crippen LogP contribution is 2.29. The molecule has 2 amide bonds. The highest BCUT2D eigenvalue weighted by atomic mass is 35.5. The highest BCUT2D eigenvalue weighted by molar-refractivity contribution is 7.92. The molecule has 0 radical (unpaired) electrons. The Balaban J connectivity index is 1.78. The molecule has 0 saturated carbocycles. The topological polar surface area (TPSA) is 86.8 Å². The van der Waals surface area contributed by atoms with Crippen LogP contribution >= 0.6 is 11.6 Å². The minimum Gasteiger partial charge on any atom is -0.352 e. The van der Waals surface area contributed by atoms with Gasteiger partial charge in [-0.3, -0.25) is 13.9 Å². The molecule has 0 aliphatic carbocycles. The fraction of sp³-hybridized carbons (Fsp3) is 0.273. The Morgan fingerprint density at radius 2 is 1.50 bits per heavy atom. The van der Waals surface area contributed by atoms with Gasteiger partial charge in [0.15, 0.2) is 0 Å². The van der Waals surface area contributed by atoms with Gasteiger partial charge in [-0.2, -0.15) is 0 Å². The van der Waals surface area contributed by atoms with E-state index in [0.717, 1.165) is 33.5 Å². The van der Waals surface area contributed by atoms with Crippen molar-refractivity contribution >= 4 is 49.9 Å². The van der Waals surface area contributed by atoms with Gasteiger partial charge in [-0.1, -0.05) is 97.4 Å². The minimum atomic E-state index is -3.88. The number of hydrogen-bond acceptors (Lipinski definition) is 4. The van der Waals surface area contributed by atoms with Crippen molar-refractivity contribution in [3.05, 3.63) is 113 Å². The van der Waals surface area contributed by atoms with Crippen molar-refractivity contribution in [3.8, 4) is 0 Å². The molecule has 0 fully saturated rings. The van der Waals surface area contributed by atoms with Gasteiger partial charge in [0.25, 0.3) is 0 Å². The number of nitrogens with one attached hydrogen (secondary N) is 1. The number of hydrogen-bond donors (Lipinski definition) is 1. The first kappa shape index (κ1) is 31.1. The summed E-state index contributed by atoms with van der Waals surface area (Å²) in [6.07, 6.45) is 2.07. The van der Waals surface area contributed by atoms with Gasteiger partial charge >= 0.3 is 0 Å². The first-order chi connectivity index (χ1) is 20.1. The molecule has 0 spiro atoms. The summed E-state index contributed by atoms with van der Waals surface area (Å²) in [5.74, 6) is -0.796. The summed E-state index contributed by atoms with van der Waals surface area (Å²) in [5, 5.41) is 5.14. The lowest BCUT2D eigenvalue weighted by Crippen LogP contribution is -2.54. The number of nitrogens with zero attached hydrogens (tertiary/aromatic N) is 2. The average molecular weight is 606 g/mol. The van der Waals surface area contributed by atoms with Crippen LogP contribution in [-0.4, -0.2) is 50.0 Å². The monoisotopic (exact) mass is 605 g/mol. The van der Waals surface area contributed by atoms with E-state index in [1.165, 1.54) is 4.90 Å². The van der Waals surface area contributed by atoms with Crippen molar-refractivity contribution in [2.45, 2.75) is 45.3 Å². The number of benzene rings is 4. The number of anilines is 1. The quantitative estimate of drug-likeness (QED) is 0.221. The standard InChI is InChI=1S/C33H36ClN3O4S/c1-4-24(2)35-33(39)31(21-25-11-6-5-7-12-25)36(22-26-17-19-28(34)20-18-26)32(38)23-37(42(3,40)41)30-16-10-14-27-13-8-9-15-29(27)30/h5-20,24,31H,4,21-23H2,1-3H3,(H,35,39)/t24-,31-/m1/s1. The van der Waals surface area contributed by atoms with E-state index in [1.807, 2.05) is 74.5 Å². The molecule has 0 aromatic heterocycles. The Kier molecular flexibility index (Phi) is 10.2. The second kappa shape index (κ2) is 13.9. The highest BCUT2D eigenvalue weighted by Gasteiger charge is 2.33. The normalized spacial score (nSPS) is 12.9. The molecule has 4 aromatic carbocycles. The van der Waals surface area contributed by atoms with Crippen LogP contribution in [0.4, 0.5) is 5.69 Å². The van der Waals surface area contributed by atoms with Gasteiger partial charge in [-0.15, -0.1) is 0 Å². The van der Waals surface area contributed by atoms with E-state index in [1.54, 1.807) is 36.4 Å². The molecule has 0 aliphatic heterocycles. The SMILES string of the molecule is CC[C@@H](C)NC(=O)[C@@H](Cc1ccccc1)N(Cc1ccc(Cl)cc1)C(=O)CN(c1cccc2ccccc12)S(C)(=O)=O. The zero-order valence-electron chi connectivity index (χ0n) is 24.0. The molecular weight excluding hydrogens is 570 g/mol. The molecule has 4 rings (SSSR count). The van der Waals surface area contributed by atoms with Crippen molar-refractivity contribution in [1.29, 1.82) is 0 Å². The van der Waals surface area contributed by atoms with E-state index in [9.17, 15) is 18.0 Å². The van der Waals surface area contributed by atoms with Crippen molar-refractivity contribution in [2.75, 3.05) is 17.1 Å². The van der Waals surface area contributed by atoms with E-state index in [0.29, 0.717) is 16.1 Å². The van der Waals surface area contributed by atoms with Crippen LogP contribution < -0.4 is 9.62 Å². The zero-order valence-corrected chi connectivity index (χ0v) is 25.6. The predicted molar refractivity (Wildman–Crippen MR) is 170 cm³/mol. The number of rotatable bonds is 12. The average Bonchev–Trinajstić information content (AvgIpc) is 2.98. The van der Waals surface area contributed by atoms with Crippen LogP contribution in [0, 0.1) is 0 Å². The summed E-state index contributed by atoms with van der Waals surface area (Å²) in [5.41, 5.74) is 2.04. The lowest BCUT2D eigenvalue weighted by molar-refractivity contribution is -0.140. The van der Waals surface area contributed by atoms with Gasteiger partial charge < -0.3 is 10.2 Å². The second-order valence-electron chi connectivity index (χ2n) is 10.4. The van der Waals surface area contributed by atoms with Crippen molar-refractivity contribution in [2.24, 2.45) is 0 Å². The maximum absolute atomic E-state index is 14.3. The van der Waals surface area contributed by atoms with Crippen molar-refractivity contribution < 1.29 is 18.0 Å². The molecule has 0 unspecified atom stereocenters. The summed E-state index contributed by atoms with van der Waals surface area (Å²) < 4.78 is 27.5. The summed E-state index contributed by atoms with van der Waals surface area (Å²) in [6, 6.07) is 28.3. The van der Waals surface area contributed by atoms with Crippen LogP contribution in [0.25, 0.3) is 10.8 Å². The van der Waals surface area contributed by atoms with Crippen LogP contribution in [-0.2, 0) is 32.6 Å². The van der Waals surface area contributed by atoms with Crippen LogP contribution in [0.3, 0.4) is 0 Å². The predicted octanol–water partition coefficient (Wildman–Crippen LogP) is 5.81. The molecule has 42 heavy (non-hydrogen) atoms. The van der Waals surface area contributed by atoms with E-state index >= 15 is 0 Å². The van der Waals surface area contributed by atoms with Gasteiger partial charge in [0.2, 0.25) is 21.8 Å². The smallest absolute Gasteiger partial charge is 0.244 e. The van der Waals surface area contributed by atoms with Gasteiger partial charge in [0.05, 0.1) is 11.9 Å². The van der Waals surface area contributed by atoms with Crippen LogP contribution in [0.1, 0.15) is 31.4 Å². The van der Waals surface area contributed by atoms with E-state index in [4.69, 9.17) is 11.6 Å². The maximum atomic E-state index is 14.3. The molecule has 0 heterocycles. The third kappa shape index (κ3) is 7.89. The van der Waals surface area contributed by atoms with Gasteiger partial charge in [-0.25, -0.2) is 8.42 Å². The van der Waals surface area contributed by atoms with E-state index < -0.39 is 28.5 Å². The molecule has 1 N–H and O–H groups in total. The molecule has 220 valence electrons. The zero-order chi connectivity index (χ0) is 30.3. The Bertz CT molecular complexity index is 1620. The molecule has 2 atom stereocenters. The maximum Gasteiger partial charge on any atom is 0.244 e. The first-order valence-electron chi connectivity index (χ1n) is 13.9. The number of sulfonamides is 1. The van der Waals surface area contributed by atoms with Gasteiger partial charge in [0, 0.05) is 29.4 Å². The number of fused-ring (bicyclic) bond motifs is 1. The Morgan fingerprint density at radius 3 is 2.17 bits per heavy atom. The summed E-state index contributed by atoms with van der Waals surface area (Å²) >= 11 is 6.12. The third-order valence-electron chi connectivity index (χ3n) is 7.25. The van der Waals surface area contributed by atoms with E-state index in [2.05, 4.69) is 5.32 Å². The summed E-state index contributed by atoms with van der Waals surface area (Å²) in [7, 11) is -3.88. The Labute approximate surface area is 253 Å². The third-order valence-corrected chi connectivity index (χ3v) is 8.63. The number of carbonyl (C=O) groups excluding carboxylic acids is 2. The van der Waals surface area contributed by atoms with Crippen LogP contribution in [0.5, 0.6) is 0 Å². The molecule has 0 bridgehead atoms. The summed E-state index contributed by atoms with van der Waals surface area (Å²) in [4.78, 5) is 29.5. The van der Waals surface area contributed by atoms with Crippen molar-refractivity contribution in [1.82, 2.24) is 10.2 Å². The fourth-order valence-electron chi connectivity index (χ4n) is 4.80. The Morgan fingerprint density at radius 1 is 0.857 bits per heavy atom. The van der Waals surface area contributed by atoms with Crippen LogP contribution in [0.2, 0.25) is 5.02 Å². The van der Waals surface area contributed by atoms with Crippen LogP contribution in [0.15, 0.2) is 97.1 Å². The summed E-state index contributed by atoms with van der Waals surface area (Å²) in [6.45, 7) is 3.51. The lowest BCUT2D eigenvalue weighted by Gasteiger charge is -2.34. The van der Waals surface area contributed by atoms with E-state index in [-0.39, 0.29) is 24.9 Å². The number of halogens is 1. The fourth-order valence-corrected chi connectivity index (χ4v) is 5.79. The number of amides is 2. The molecule has 4 aromatic rings. The molecular formula is C33H36ClN3O4S. The largest absolute Gasteiger partial charge is 0.352 e. The number of carbonyl (C=O) groups is 2. The lowest BCUT2D eigenvalue weighted by atomic mass is 10.0. The first-order valence-corrected chi connectivity index (χ1v) is 16.1. The molecule has 0 saturated heterocycles. The second-order valence-corrected chi connectivity index (χ2v) is 12.8. The molecule has 7 nitrogen and oxygen atoms in total. The minimum absolute atomic E-state index is 0.0918. The Hall–Kier alpha value is -3.88. The molecule has 0 aliphatic rings.